The summed E-state index contributed by atoms with van der Waals surface area (Å²) in [5.41, 5.74) is 7.81. The van der Waals surface area contributed by atoms with E-state index in [2.05, 4.69) is 29.4 Å². The molecule has 9 heteroatoms. The van der Waals surface area contributed by atoms with Crippen LogP contribution in [0.15, 0.2) is 67.1 Å². The molecule has 1 heterocycles. The van der Waals surface area contributed by atoms with E-state index in [1.165, 1.54) is 18.0 Å². The molecule has 0 amide bonds. The molecule has 5 N–H and O–H groups in total. The molecule has 0 radical (unpaired) electrons. The molecule has 0 bridgehead atoms. The number of anilines is 2. The number of nitrogens with one attached hydrogen (secondary N) is 2. The Morgan fingerprint density at radius 2 is 1.94 bits per heavy atom. The lowest BCUT2D eigenvalue weighted by molar-refractivity contribution is 0.0696. The van der Waals surface area contributed by atoms with Gasteiger partial charge in [0.05, 0.1) is 17.1 Å². The minimum absolute atomic E-state index is 0.0102. The molecule has 31 heavy (non-hydrogen) atoms. The van der Waals surface area contributed by atoms with Crippen LogP contribution in [0.4, 0.5) is 11.5 Å². The number of nitrogens with zero attached hydrogens (tertiary/aromatic N) is 1. The van der Waals surface area contributed by atoms with Crippen LogP contribution in [0.2, 0.25) is 0 Å². The van der Waals surface area contributed by atoms with Crippen molar-refractivity contribution in [2.75, 3.05) is 22.2 Å². The van der Waals surface area contributed by atoms with Gasteiger partial charge in [-0.05, 0) is 37.1 Å². The SMILES string of the molecule is C/C=C\CCl.C=C.C=C(CCl)SNc1ccc(-c2cc(C(=O)O)c(C=N)c(N)n2)cc1. The molecule has 0 atom stereocenters. The molecular weight excluding hydrogens is 455 g/mol. The van der Waals surface area contributed by atoms with Gasteiger partial charge in [0.15, 0.2) is 0 Å². The zero-order valence-electron chi connectivity index (χ0n) is 17.2. The molecule has 0 aliphatic heterocycles. The highest BCUT2D eigenvalue weighted by molar-refractivity contribution is 8.04. The van der Waals surface area contributed by atoms with Crippen LogP contribution >= 0.6 is 35.1 Å². The maximum atomic E-state index is 11.3. The maximum absolute atomic E-state index is 11.3. The number of carboxylic acid groups (broad SMARTS) is 1. The third kappa shape index (κ3) is 9.74. The summed E-state index contributed by atoms with van der Waals surface area (Å²) in [6.45, 7) is 11.7. The van der Waals surface area contributed by atoms with Gasteiger partial charge in [0.25, 0.3) is 0 Å². The number of carboxylic acids is 1. The summed E-state index contributed by atoms with van der Waals surface area (Å²) in [6.07, 6.45) is 4.71. The molecular formula is C22H26Cl2N4O2S. The average Bonchev–Trinajstić information content (AvgIpc) is 2.79. The van der Waals surface area contributed by atoms with Gasteiger partial charge in [-0.25, -0.2) is 9.78 Å². The summed E-state index contributed by atoms with van der Waals surface area (Å²) in [7, 11) is 0. The summed E-state index contributed by atoms with van der Waals surface area (Å²) in [5.74, 6) is -0.151. The van der Waals surface area contributed by atoms with Crippen molar-refractivity contribution < 1.29 is 9.90 Å². The maximum Gasteiger partial charge on any atom is 0.336 e. The number of alkyl halides is 2. The summed E-state index contributed by atoms with van der Waals surface area (Å²) in [4.78, 5) is 16.3. The zero-order valence-corrected chi connectivity index (χ0v) is 19.5. The monoisotopic (exact) mass is 480 g/mol. The molecule has 1 aromatic heterocycles. The van der Waals surface area contributed by atoms with E-state index in [0.717, 1.165) is 16.8 Å². The first-order valence-corrected chi connectivity index (χ1v) is 10.7. The molecule has 2 aromatic rings. The van der Waals surface area contributed by atoms with Crippen molar-refractivity contribution in [3.8, 4) is 11.3 Å². The standard InChI is InChI=1S/C16H15ClN4O2S.C4H7Cl.C2H4/c1-9(7-17)24-21-11-4-2-10(3-5-11)14-6-12(16(22)23)13(8-18)15(19)20-14;1-2-3-4-5;1-2/h2-6,8,18,21H,1,7H2,(H2,19,20)(H,22,23);2-3H,4H2,1H3;1-2H2/b;3-2-;. The van der Waals surface area contributed by atoms with E-state index in [1.54, 1.807) is 12.1 Å². The Morgan fingerprint density at radius 3 is 2.35 bits per heavy atom. The van der Waals surface area contributed by atoms with Crippen molar-refractivity contribution in [3.05, 3.63) is 78.3 Å². The third-order valence-electron chi connectivity index (χ3n) is 3.43. The van der Waals surface area contributed by atoms with Gasteiger partial charge in [0, 0.05) is 33.8 Å². The topological polar surface area (TPSA) is 112 Å². The Hall–Kier alpha value is -2.74. The molecule has 0 saturated carbocycles. The van der Waals surface area contributed by atoms with Gasteiger partial charge in [0.1, 0.15) is 5.82 Å². The van der Waals surface area contributed by atoms with Crippen LogP contribution in [0.1, 0.15) is 22.8 Å². The first-order valence-electron chi connectivity index (χ1n) is 8.86. The number of aromatic carboxylic acids is 1. The van der Waals surface area contributed by atoms with Gasteiger partial charge in [-0.3, -0.25) is 0 Å². The highest BCUT2D eigenvalue weighted by Gasteiger charge is 2.15. The van der Waals surface area contributed by atoms with Gasteiger partial charge in [-0.1, -0.05) is 30.9 Å². The lowest BCUT2D eigenvalue weighted by Gasteiger charge is -2.10. The lowest BCUT2D eigenvalue weighted by atomic mass is 10.0. The fourth-order valence-electron chi connectivity index (χ4n) is 2.01. The number of allylic oxidation sites excluding steroid dienone is 3. The predicted molar refractivity (Wildman–Crippen MR) is 137 cm³/mol. The van der Waals surface area contributed by atoms with Crippen molar-refractivity contribution >= 4 is 58.8 Å². The summed E-state index contributed by atoms with van der Waals surface area (Å²) >= 11 is 12.2. The molecule has 0 saturated heterocycles. The van der Waals surface area contributed by atoms with E-state index in [1.807, 2.05) is 31.2 Å². The van der Waals surface area contributed by atoms with Crippen molar-refractivity contribution in [1.29, 1.82) is 5.41 Å². The third-order valence-corrected chi connectivity index (χ3v) is 4.86. The number of rotatable bonds is 8. The van der Waals surface area contributed by atoms with Crippen LogP contribution in [-0.4, -0.2) is 34.0 Å². The summed E-state index contributed by atoms with van der Waals surface area (Å²) < 4.78 is 3.10. The van der Waals surface area contributed by atoms with Crippen molar-refractivity contribution in [1.82, 2.24) is 4.98 Å². The Kier molecular flexibility index (Phi) is 14.6. The molecule has 0 unspecified atom stereocenters. The van der Waals surface area contributed by atoms with E-state index in [9.17, 15) is 9.90 Å². The summed E-state index contributed by atoms with van der Waals surface area (Å²) in [6, 6.07) is 8.65. The van der Waals surface area contributed by atoms with Crippen LogP contribution < -0.4 is 10.5 Å². The van der Waals surface area contributed by atoms with E-state index in [-0.39, 0.29) is 16.9 Å². The number of aromatic nitrogens is 1. The van der Waals surface area contributed by atoms with Gasteiger partial charge in [-0.15, -0.1) is 36.4 Å². The highest BCUT2D eigenvalue weighted by Crippen LogP contribution is 2.26. The van der Waals surface area contributed by atoms with Crippen LogP contribution in [0.5, 0.6) is 0 Å². The molecule has 0 aliphatic rings. The molecule has 0 spiro atoms. The largest absolute Gasteiger partial charge is 0.478 e. The van der Waals surface area contributed by atoms with E-state index < -0.39 is 5.97 Å². The molecule has 6 nitrogen and oxygen atoms in total. The number of pyridine rings is 1. The van der Waals surface area contributed by atoms with Gasteiger partial charge in [-0.2, -0.15) is 0 Å². The Morgan fingerprint density at radius 1 is 1.32 bits per heavy atom. The Labute approximate surface area is 197 Å². The number of hydrogen-bond acceptors (Lipinski definition) is 6. The number of benzene rings is 1. The molecule has 0 aliphatic carbocycles. The second-order valence-corrected chi connectivity index (χ2v) is 7.04. The smallest absolute Gasteiger partial charge is 0.336 e. The van der Waals surface area contributed by atoms with Gasteiger partial charge in [0.2, 0.25) is 0 Å². The Balaban J connectivity index is 0.00000113. The second-order valence-electron chi connectivity index (χ2n) is 5.48. The van der Waals surface area contributed by atoms with Crippen molar-refractivity contribution in [2.45, 2.75) is 6.92 Å². The van der Waals surface area contributed by atoms with Gasteiger partial charge >= 0.3 is 5.97 Å². The quantitative estimate of drug-likeness (QED) is 0.149. The van der Waals surface area contributed by atoms with Crippen LogP contribution in [0, 0.1) is 5.41 Å². The normalized spacial score (nSPS) is 9.65. The fourth-order valence-corrected chi connectivity index (χ4v) is 2.80. The number of nitrogen functional groups attached to an aromatic ring is 1. The van der Waals surface area contributed by atoms with Crippen LogP contribution in [0.3, 0.4) is 0 Å². The Bertz CT molecular complexity index is 903. The second kappa shape index (κ2) is 16.0. The number of halogens is 2. The molecule has 1 aromatic carbocycles. The molecule has 0 fully saturated rings. The zero-order chi connectivity index (χ0) is 23.8. The van der Waals surface area contributed by atoms with Crippen molar-refractivity contribution in [3.63, 3.8) is 0 Å². The first-order chi connectivity index (χ1) is 14.9. The number of carbonyl (C=O) groups is 1. The van der Waals surface area contributed by atoms with Crippen LogP contribution in [-0.2, 0) is 0 Å². The first kappa shape index (κ1) is 28.3. The molecule has 166 valence electrons. The fraction of sp³-hybridized carbons (Fsp3) is 0.136. The van der Waals surface area contributed by atoms with E-state index >= 15 is 0 Å². The predicted octanol–water partition coefficient (Wildman–Crippen LogP) is 6.44. The highest BCUT2D eigenvalue weighted by atomic mass is 35.5. The van der Waals surface area contributed by atoms with Gasteiger partial charge < -0.3 is 21.0 Å². The number of nitrogens with two attached hydrogens (primary N) is 1. The minimum atomic E-state index is -1.15. The van der Waals surface area contributed by atoms with E-state index in [0.29, 0.717) is 23.0 Å². The van der Waals surface area contributed by atoms with Crippen molar-refractivity contribution in [2.24, 2.45) is 0 Å². The number of hydrogen-bond donors (Lipinski definition) is 4. The minimum Gasteiger partial charge on any atom is -0.478 e. The molecule has 2 rings (SSSR count). The average molecular weight is 481 g/mol. The summed E-state index contributed by atoms with van der Waals surface area (Å²) in [5, 5.41) is 16.5. The van der Waals surface area contributed by atoms with Crippen LogP contribution in [0.25, 0.3) is 11.3 Å². The van der Waals surface area contributed by atoms with E-state index in [4.69, 9.17) is 34.3 Å². The lowest BCUT2D eigenvalue weighted by Crippen LogP contribution is -2.08.